The standard InChI is InChI=1S/C25H33N7O2/c1-6-34-20-13-21(24-19(14-26)15-29-32(24)17-20)18(2)7-8-22(28-5)31-11-9-25(3,10-12-31)30-23(33)16-27-4/h7-8,13,15,17,27H,5-6,9-12,16H2,1-4H3,(H,30,33)/b18-7+,22-8+. The van der Waals surface area contributed by atoms with Gasteiger partial charge in [0, 0.05) is 24.2 Å². The predicted octanol–water partition coefficient (Wildman–Crippen LogP) is 2.74. The molecule has 1 aliphatic rings. The number of nitrogens with zero attached hydrogens (tertiary/aromatic N) is 5. The number of piperidine rings is 1. The van der Waals surface area contributed by atoms with Gasteiger partial charge < -0.3 is 20.3 Å². The molecule has 1 fully saturated rings. The van der Waals surface area contributed by atoms with Crippen molar-refractivity contribution >= 4 is 23.7 Å². The topological polar surface area (TPSA) is 107 Å². The van der Waals surface area contributed by atoms with Crippen LogP contribution in [-0.4, -0.2) is 66.0 Å². The van der Waals surface area contributed by atoms with E-state index in [1.54, 1.807) is 24.0 Å². The van der Waals surface area contributed by atoms with E-state index in [9.17, 15) is 10.1 Å². The molecule has 2 aromatic rings. The average molecular weight is 464 g/mol. The summed E-state index contributed by atoms with van der Waals surface area (Å²) in [6, 6.07) is 4.15. The lowest BCUT2D eigenvalue weighted by Gasteiger charge is -2.40. The zero-order valence-electron chi connectivity index (χ0n) is 20.4. The second-order valence-corrected chi connectivity index (χ2v) is 8.64. The van der Waals surface area contributed by atoms with Crippen molar-refractivity contribution in [1.82, 2.24) is 25.1 Å². The molecule has 34 heavy (non-hydrogen) atoms. The third kappa shape index (κ3) is 5.64. The smallest absolute Gasteiger partial charge is 0.234 e. The summed E-state index contributed by atoms with van der Waals surface area (Å²) in [4.78, 5) is 18.4. The molecule has 3 rings (SSSR count). The number of nitrogens with one attached hydrogen (secondary N) is 2. The van der Waals surface area contributed by atoms with E-state index in [0.29, 0.717) is 24.5 Å². The molecule has 0 aliphatic carbocycles. The number of ether oxygens (including phenoxy) is 1. The van der Waals surface area contributed by atoms with Gasteiger partial charge in [-0.3, -0.25) is 4.79 Å². The van der Waals surface area contributed by atoms with E-state index in [0.717, 1.165) is 48.4 Å². The zero-order valence-corrected chi connectivity index (χ0v) is 20.4. The van der Waals surface area contributed by atoms with E-state index in [2.05, 4.69) is 45.3 Å². The lowest BCUT2D eigenvalue weighted by Crippen LogP contribution is -2.54. The molecule has 180 valence electrons. The van der Waals surface area contributed by atoms with Crippen LogP contribution in [0.15, 0.2) is 41.4 Å². The van der Waals surface area contributed by atoms with Crippen molar-refractivity contribution < 1.29 is 9.53 Å². The van der Waals surface area contributed by atoms with Gasteiger partial charge in [-0.25, -0.2) is 9.51 Å². The van der Waals surface area contributed by atoms with E-state index in [1.165, 1.54) is 0 Å². The maximum Gasteiger partial charge on any atom is 0.234 e. The average Bonchev–Trinajstić information content (AvgIpc) is 3.23. The molecule has 9 nitrogen and oxygen atoms in total. The molecule has 2 aromatic heterocycles. The van der Waals surface area contributed by atoms with Crippen molar-refractivity contribution in [2.24, 2.45) is 4.99 Å². The fourth-order valence-electron chi connectivity index (χ4n) is 4.17. The summed E-state index contributed by atoms with van der Waals surface area (Å²) in [5, 5.41) is 19.9. The van der Waals surface area contributed by atoms with E-state index in [4.69, 9.17) is 4.74 Å². The van der Waals surface area contributed by atoms with Gasteiger partial charge in [-0.05, 0) is 65.1 Å². The molecular formula is C25H33N7O2. The Hall–Kier alpha value is -3.64. The van der Waals surface area contributed by atoms with Crippen LogP contribution in [-0.2, 0) is 4.79 Å². The number of aromatic nitrogens is 2. The molecule has 9 heteroatoms. The van der Waals surface area contributed by atoms with Crippen LogP contribution in [0.5, 0.6) is 5.75 Å². The Balaban J connectivity index is 1.82. The number of allylic oxidation sites excluding steroid dienone is 3. The molecule has 0 spiro atoms. The second-order valence-electron chi connectivity index (χ2n) is 8.64. The SMILES string of the molecule is C=N/C(=C\C=C(/C)c1cc(OCC)cn2ncc(C#N)c12)N1CCC(C)(NC(=O)CNC)CC1. The minimum absolute atomic E-state index is 0.00632. The van der Waals surface area contributed by atoms with Crippen LogP contribution in [0.2, 0.25) is 0 Å². The molecule has 1 amide bonds. The zero-order chi connectivity index (χ0) is 24.7. The van der Waals surface area contributed by atoms with Crippen molar-refractivity contribution in [2.75, 3.05) is 33.3 Å². The van der Waals surface area contributed by atoms with Crippen LogP contribution in [0.4, 0.5) is 0 Å². The molecule has 0 atom stereocenters. The first-order valence-electron chi connectivity index (χ1n) is 11.4. The van der Waals surface area contributed by atoms with Gasteiger partial charge in [-0.2, -0.15) is 10.4 Å². The molecule has 1 saturated heterocycles. The van der Waals surface area contributed by atoms with Gasteiger partial charge >= 0.3 is 0 Å². The Morgan fingerprint density at radius 3 is 2.76 bits per heavy atom. The predicted molar refractivity (Wildman–Crippen MR) is 134 cm³/mol. The number of nitriles is 1. The van der Waals surface area contributed by atoms with Crippen molar-refractivity contribution in [3.05, 3.63) is 47.6 Å². The Morgan fingerprint density at radius 2 is 2.15 bits per heavy atom. The van der Waals surface area contributed by atoms with E-state index < -0.39 is 0 Å². The van der Waals surface area contributed by atoms with Gasteiger partial charge in [0.05, 0.1) is 36.6 Å². The van der Waals surface area contributed by atoms with Crippen molar-refractivity contribution in [3.63, 3.8) is 0 Å². The maximum absolute atomic E-state index is 12.0. The van der Waals surface area contributed by atoms with Crippen LogP contribution >= 0.6 is 0 Å². The largest absolute Gasteiger partial charge is 0.492 e. The highest BCUT2D eigenvalue weighted by molar-refractivity contribution is 5.82. The van der Waals surface area contributed by atoms with E-state index in [-0.39, 0.29) is 11.4 Å². The monoisotopic (exact) mass is 463 g/mol. The van der Waals surface area contributed by atoms with Gasteiger partial charge in [0.25, 0.3) is 0 Å². The summed E-state index contributed by atoms with van der Waals surface area (Å²) < 4.78 is 7.38. The van der Waals surface area contributed by atoms with Gasteiger partial charge in [0.1, 0.15) is 17.6 Å². The first kappa shape index (κ1) is 25.0. The maximum atomic E-state index is 12.0. The number of likely N-dealkylation sites (N-methyl/N-ethyl adjacent to an activating group) is 1. The van der Waals surface area contributed by atoms with Gasteiger partial charge in [-0.15, -0.1) is 0 Å². The summed E-state index contributed by atoms with van der Waals surface area (Å²) in [5.41, 5.74) is 2.84. The summed E-state index contributed by atoms with van der Waals surface area (Å²) in [7, 11) is 1.76. The van der Waals surface area contributed by atoms with Crippen molar-refractivity contribution in [1.29, 1.82) is 5.26 Å². The highest BCUT2D eigenvalue weighted by Gasteiger charge is 2.31. The summed E-state index contributed by atoms with van der Waals surface area (Å²) >= 11 is 0. The molecule has 0 unspecified atom stereocenters. The highest BCUT2D eigenvalue weighted by atomic mass is 16.5. The lowest BCUT2D eigenvalue weighted by atomic mass is 9.89. The molecular weight excluding hydrogens is 430 g/mol. The fourth-order valence-corrected chi connectivity index (χ4v) is 4.17. The van der Waals surface area contributed by atoms with E-state index in [1.807, 2.05) is 32.1 Å². The molecule has 0 aromatic carbocycles. The second kappa shape index (κ2) is 11.0. The number of likely N-dealkylation sites (tertiary alicyclic amines) is 1. The van der Waals surface area contributed by atoms with Crippen molar-refractivity contribution in [2.45, 2.75) is 39.2 Å². The van der Waals surface area contributed by atoms with Crippen LogP contribution in [0.1, 0.15) is 44.7 Å². The number of hydrogen-bond donors (Lipinski definition) is 2. The molecule has 0 bridgehead atoms. The van der Waals surface area contributed by atoms with Gasteiger partial charge in [0.15, 0.2) is 0 Å². The molecule has 0 saturated carbocycles. The quantitative estimate of drug-likeness (QED) is 0.437. The van der Waals surface area contributed by atoms with Crippen LogP contribution in [0.3, 0.4) is 0 Å². The molecule has 0 radical (unpaired) electrons. The third-order valence-electron chi connectivity index (χ3n) is 6.06. The highest BCUT2D eigenvalue weighted by Crippen LogP contribution is 2.29. The van der Waals surface area contributed by atoms with Gasteiger partial charge in [0.2, 0.25) is 5.91 Å². The number of pyridine rings is 1. The Kier molecular flexibility index (Phi) is 8.08. The fraction of sp³-hybridized carbons (Fsp3) is 0.440. The molecule has 2 N–H and O–H groups in total. The first-order valence-corrected chi connectivity index (χ1v) is 11.4. The summed E-state index contributed by atoms with van der Waals surface area (Å²) in [6.45, 7) is 12.1. The minimum Gasteiger partial charge on any atom is -0.492 e. The number of carbonyl (C=O) groups excluding carboxylic acids is 1. The Morgan fingerprint density at radius 1 is 1.41 bits per heavy atom. The minimum atomic E-state index is -0.233. The lowest BCUT2D eigenvalue weighted by molar-refractivity contribution is -0.122. The van der Waals surface area contributed by atoms with Crippen molar-refractivity contribution in [3.8, 4) is 11.8 Å². The number of amides is 1. The van der Waals surface area contributed by atoms with Crippen LogP contribution in [0, 0.1) is 11.3 Å². The van der Waals surface area contributed by atoms with E-state index >= 15 is 0 Å². The normalized spacial score (nSPS) is 16.3. The number of carbonyl (C=O) groups is 1. The van der Waals surface area contributed by atoms with Crippen LogP contribution in [0.25, 0.3) is 11.1 Å². The number of rotatable bonds is 9. The first-order chi connectivity index (χ1) is 16.3. The Bertz CT molecular complexity index is 1150. The van der Waals surface area contributed by atoms with Gasteiger partial charge in [-0.1, -0.05) is 6.08 Å². The third-order valence-corrected chi connectivity index (χ3v) is 6.06. The number of fused-ring (bicyclic) bond motifs is 1. The summed E-state index contributed by atoms with van der Waals surface area (Å²) in [6.07, 6.45) is 8.90. The molecule has 3 heterocycles. The number of aliphatic imine (C=N–C) groups is 1. The summed E-state index contributed by atoms with van der Waals surface area (Å²) in [5.74, 6) is 1.47. The van der Waals surface area contributed by atoms with Crippen LogP contribution < -0.4 is 15.4 Å². The molecule has 1 aliphatic heterocycles. The number of hydrogen-bond acceptors (Lipinski definition) is 7. The Labute approximate surface area is 200 Å².